The van der Waals surface area contributed by atoms with Crippen LogP contribution in [-0.2, 0) is 0 Å². The molecule has 0 atom stereocenters. The molecule has 0 saturated carbocycles. The number of hydrogen-bond acceptors (Lipinski definition) is 7. The molecule has 0 radical (unpaired) electrons. The van der Waals surface area contributed by atoms with E-state index in [1.807, 2.05) is 13.8 Å². The molecule has 8 heteroatoms. The first kappa shape index (κ1) is 15.3. The van der Waals surface area contributed by atoms with E-state index in [1.165, 1.54) is 0 Å². The van der Waals surface area contributed by atoms with Gasteiger partial charge in [-0.15, -0.1) is 4.98 Å². The number of ether oxygens (including phenoxy) is 2. The molecular weight excluding hydrogens is 294 g/mol. The number of nitrogens with one attached hydrogen (secondary N) is 1. The highest BCUT2D eigenvalue weighted by atomic mass is 35.5. The van der Waals surface area contributed by atoms with Gasteiger partial charge in [0.15, 0.2) is 0 Å². The van der Waals surface area contributed by atoms with Crippen molar-refractivity contribution in [1.82, 2.24) is 15.0 Å². The molecule has 1 aromatic heterocycles. The van der Waals surface area contributed by atoms with Crippen molar-refractivity contribution in [2.75, 3.05) is 12.0 Å². The van der Waals surface area contributed by atoms with E-state index in [1.54, 1.807) is 18.2 Å². The molecule has 0 saturated heterocycles. The number of hydrogen-bond donors (Lipinski definition) is 2. The van der Waals surface area contributed by atoms with Gasteiger partial charge in [-0.2, -0.15) is 9.97 Å². The molecule has 0 fully saturated rings. The van der Waals surface area contributed by atoms with Gasteiger partial charge in [0.2, 0.25) is 5.95 Å². The fourth-order valence-corrected chi connectivity index (χ4v) is 1.76. The van der Waals surface area contributed by atoms with Gasteiger partial charge in [-0.25, -0.2) is 5.84 Å². The second-order valence-corrected chi connectivity index (χ2v) is 4.67. The van der Waals surface area contributed by atoms with Crippen LogP contribution < -0.4 is 20.7 Å². The molecular formula is C13H16ClN5O2. The van der Waals surface area contributed by atoms with Crippen LogP contribution in [0.3, 0.4) is 0 Å². The molecule has 7 nitrogen and oxygen atoms in total. The van der Waals surface area contributed by atoms with E-state index < -0.39 is 0 Å². The summed E-state index contributed by atoms with van der Waals surface area (Å²) in [6.45, 7) is 4.35. The summed E-state index contributed by atoms with van der Waals surface area (Å²) in [5, 5.41) is 0.631. The van der Waals surface area contributed by atoms with Crippen molar-refractivity contribution in [2.24, 2.45) is 5.84 Å². The lowest BCUT2D eigenvalue weighted by molar-refractivity contribution is 0.285. The summed E-state index contributed by atoms with van der Waals surface area (Å²) in [7, 11) is 0. The van der Waals surface area contributed by atoms with Crippen LogP contribution in [0.15, 0.2) is 18.2 Å². The Hall–Kier alpha value is -2.12. The molecule has 0 aliphatic heterocycles. The van der Waals surface area contributed by atoms with Crippen LogP contribution in [0.1, 0.15) is 18.9 Å². The zero-order valence-electron chi connectivity index (χ0n) is 11.8. The Kier molecular flexibility index (Phi) is 5.13. The van der Waals surface area contributed by atoms with Crippen LogP contribution in [-0.4, -0.2) is 21.6 Å². The minimum atomic E-state index is 0.0921. The number of nitrogen functional groups attached to an aromatic ring is 1. The number of rotatable bonds is 6. The standard InChI is InChI=1S/C13H16ClN5O2/c1-3-6-20-12-16-11(19-15)17-13(18-12)21-10-5-4-9(14)7-8(10)2/h4-5,7H,3,6,15H2,1-2H3,(H,16,17,18,19). The smallest absolute Gasteiger partial charge is 0.330 e. The molecule has 0 aliphatic carbocycles. The maximum atomic E-state index is 5.91. The van der Waals surface area contributed by atoms with Crippen molar-refractivity contribution in [1.29, 1.82) is 0 Å². The highest BCUT2D eigenvalue weighted by Crippen LogP contribution is 2.26. The molecule has 0 spiro atoms. The minimum absolute atomic E-state index is 0.0921. The maximum absolute atomic E-state index is 5.91. The summed E-state index contributed by atoms with van der Waals surface area (Å²) in [5.41, 5.74) is 3.21. The summed E-state index contributed by atoms with van der Waals surface area (Å²) < 4.78 is 11.0. The van der Waals surface area contributed by atoms with Crippen molar-refractivity contribution in [3.63, 3.8) is 0 Å². The third-order valence-corrected chi connectivity index (χ3v) is 2.73. The normalized spacial score (nSPS) is 10.3. The molecule has 0 amide bonds. The van der Waals surface area contributed by atoms with Gasteiger partial charge in [0.1, 0.15) is 5.75 Å². The second-order valence-electron chi connectivity index (χ2n) is 4.23. The Morgan fingerprint density at radius 2 is 2.00 bits per heavy atom. The van der Waals surface area contributed by atoms with Crippen molar-refractivity contribution < 1.29 is 9.47 Å². The number of anilines is 1. The Bertz CT molecular complexity index is 624. The highest BCUT2D eigenvalue weighted by Gasteiger charge is 2.10. The van der Waals surface area contributed by atoms with E-state index in [-0.39, 0.29) is 18.0 Å². The SMILES string of the molecule is CCCOc1nc(NN)nc(Oc2ccc(Cl)cc2C)n1. The number of nitrogens with two attached hydrogens (primary N) is 1. The molecule has 3 N–H and O–H groups in total. The monoisotopic (exact) mass is 309 g/mol. The van der Waals surface area contributed by atoms with Gasteiger partial charge < -0.3 is 9.47 Å². The molecule has 0 bridgehead atoms. The number of benzene rings is 1. The first-order valence-electron chi connectivity index (χ1n) is 6.42. The van der Waals surface area contributed by atoms with E-state index in [0.29, 0.717) is 17.4 Å². The van der Waals surface area contributed by atoms with Crippen LogP contribution >= 0.6 is 11.6 Å². The summed E-state index contributed by atoms with van der Waals surface area (Å²) in [6, 6.07) is 5.50. The van der Waals surface area contributed by atoms with E-state index in [9.17, 15) is 0 Å². The Morgan fingerprint density at radius 3 is 2.67 bits per heavy atom. The van der Waals surface area contributed by atoms with Crippen LogP contribution in [0.2, 0.25) is 5.02 Å². The van der Waals surface area contributed by atoms with Gasteiger partial charge in [0.05, 0.1) is 6.61 Å². The Morgan fingerprint density at radius 1 is 1.24 bits per heavy atom. The first-order chi connectivity index (χ1) is 10.1. The lowest BCUT2D eigenvalue weighted by Gasteiger charge is -2.09. The highest BCUT2D eigenvalue weighted by molar-refractivity contribution is 6.30. The molecule has 21 heavy (non-hydrogen) atoms. The lowest BCUT2D eigenvalue weighted by atomic mass is 10.2. The van der Waals surface area contributed by atoms with Crippen LogP contribution in [0.5, 0.6) is 17.8 Å². The van der Waals surface area contributed by atoms with Crippen molar-refractivity contribution in [3.05, 3.63) is 28.8 Å². The third kappa shape index (κ3) is 4.17. The number of aryl methyl sites for hydroxylation is 1. The topological polar surface area (TPSA) is 95.2 Å². The van der Waals surface area contributed by atoms with E-state index in [2.05, 4.69) is 20.4 Å². The quantitative estimate of drug-likeness (QED) is 0.625. The molecule has 112 valence electrons. The molecule has 2 aromatic rings. The lowest BCUT2D eigenvalue weighted by Crippen LogP contribution is -2.13. The molecule has 2 rings (SSSR count). The number of nitrogens with zero attached hydrogens (tertiary/aromatic N) is 3. The zero-order chi connectivity index (χ0) is 15.2. The zero-order valence-corrected chi connectivity index (χ0v) is 12.5. The third-order valence-electron chi connectivity index (χ3n) is 2.50. The van der Waals surface area contributed by atoms with Gasteiger partial charge in [-0.1, -0.05) is 18.5 Å². The predicted octanol–water partition coefficient (Wildman–Crippen LogP) is 2.70. The summed E-state index contributed by atoms with van der Waals surface area (Å²) in [4.78, 5) is 12.1. The van der Waals surface area contributed by atoms with E-state index in [4.69, 9.17) is 26.9 Å². The maximum Gasteiger partial charge on any atom is 0.330 e. The molecule has 0 aliphatic rings. The summed E-state index contributed by atoms with van der Waals surface area (Å²) in [5.74, 6) is 6.09. The minimum Gasteiger partial charge on any atom is -0.463 e. The number of hydrazine groups is 1. The Balaban J connectivity index is 2.25. The van der Waals surface area contributed by atoms with Crippen LogP contribution in [0, 0.1) is 6.92 Å². The average Bonchev–Trinajstić information content (AvgIpc) is 2.48. The van der Waals surface area contributed by atoms with Crippen molar-refractivity contribution in [2.45, 2.75) is 20.3 Å². The number of aromatic nitrogens is 3. The van der Waals surface area contributed by atoms with Gasteiger partial charge in [0, 0.05) is 5.02 Å². The average molecular weight is 310 g/mol. The first-order valence-corrected chi connectivity index (χ1v) is 6.79. The number of halogens is 1. The summed E-state index contributed by atoms with van der Waals surface area (Å²) in [6.07, 6.45) is 0.837. The van der Waals surface area contributed by atoms with Crippen LogP contribution in [0.4, 0.5) is 5.95 Å². The van der Waals surface area contributed by atoms with Gasteiger partial charge in [-0.3, -0.25) is 5.43 Å². The molecule has 1 aromatic carbocycles. The van der Waals surface area contributed by atoms with Gasteiger partial charge in [-0.05, 0) is 37.1 Å². The molecule has 0 unspecified atom stereocenters. The van der Waals surface area contributed by atoms with Crippen LogP contribution in [0.25, 0.3) is 0 Å². The van der Waals surface area contributed by atoms with Gasteiger partial charge >= 0.3 is 12.0 Å². The largest absolute Gasteiger partial charge is 0.463 e. The van der Waals surface area contributed by atoms with E-state index >= 15 is 0 Å². The second kappa shape index (κ2) is 7.05. The van der Waals surface area contributed by atoms with Crippen molar-refractivity contribution >= 4 is 17.5 Å². The van der Waals surface area contributed by atoms with Gasteiger partial charge in [0.25, 0.3) is 0 Å². The predicted molar refractivity (Wildman–Crippen MR) is 79.7 cm³/mol. The fraction of sp³-hybridized carbons (Fsp3) is 0.308. The summed E-state index contributed by atoms with van der Waals surface area (Å²) >= 11 is 5.91. The fourth-order valence-electron chi connectivity index (χ4n) is 1.53. The van der Waals surface area contributed by atoms with Crippen molar-refractivity contribution in [3.8, 4) is 17.8 Å². The molecule has 1 heterocycles. The Labute approximate surface area is 127 Å². The van der Waals surface area contributed by atoms with E-state index in [0.717, 1.165) is 12.0 Å².